The van der Waals surface area contributed by atoms with Crippen LogP contribution in [0, 0.1) is 0 Å². The number of hydrogen-bond donors (Lipinski definition) is 3. The average Bonchev–Trinajstić information content (AvgIpc) is 2.92. The Balaban J connectivity index is 2.05. The SMILES string of the molecule is CCNC(=O)c1ccc(N)cc1NCCc1ccco1. The molecule has 2 rings (SSSR count). The van der Waals surface area contributed by atoms with Crippen molar-refractivity contribution in [2.24, 2.45) is 0 Å². The number of benzene rings is 1. The summed E-state index contributed by atoms with van der Waals surface area (Å²) in [5.41, 5.74) is 7.74. The number of carbonyl (C=O) groups is 1. The highest BCUT2D eigenvalue weighted by Crippen LogP contribution is 2.19. The van der Waals surface area contributed by atoms with Gasteiger partial charge in [-0.05, 0) is 37.3 Å². The van der Waals surface area contributed by atoms with E-state index in [9.17, 15) is 4.79 Å². The largest absolute Gasteiger partial charge is 0.469 e. The molecule has 1 heterocycles. The van der Waals surface area contributed by atoms with Crippen LogP contribution in [0.5, 0.6) is 0 Å². The molecule has 2 aromatic rings. The van der Waals surface area contributed by atoms with Crippen molar-refractivity contribution in [3.63, 3.8) is 0 Å². The summed E-state index contributed by atoms with van der Waals surface area (Å²) in [5.74, 6) is 0.800. The Morgan fingerprint density at radius 2 is 2.20 bits per heavy atom. The lowest BCUT2D eigenvalue weighted by atomic mass is 10.1. The fourth-order valence-electron chi connectivity index (χ4n) is 1.94. The number of furan rings is 1. The number of nitrogen functional groups attached to an aromatic ring is 1. The molecule has 5 heteroatoms. The molecule has 5 nitrogen and oxygen atoms in total. The molecule has 1 aromatic carbocycles. The summed E-state index contributed by atoms with van der Waals surface area (Å²) in [7, 11) is 0. The Kier molecular flexibility index (Phi) is 4.65. The lowest BCUT2D eigenvalue weighted by molar-refractivity contribution is 0.0956. The van der Waals surface area contributed by atoms with Crippen LogP contribution in [0.2, 0.25) is 0 Å². The Labute approximate surface area is 118 Å². The predicted octanol–water partition coefficient (Wildman–Crippen LogP) is 2.27. The number of amides is 1. The molecule has 0 atom stereocenters. The maximum Gasteiger partial charge on any atom is 0.253 e. The molecule has 0 radical (unpaired) electrons. The van der Waals surface area contributed by atoms with Gasteiger partial charge in [-0.3, -0.25) is 4.79 Å². The molecule has 0 aliphatic carbocycles. The molecule has 1 amide bonds. The van der Waals surface area contributed by atoms with Crippen molar-refractivity contribution in [2.75, 3.05) is 24.1 Å². The summed E-state index contributed by atoms with van der Waals surface area (Å²) in [6, 6.07) is 9.01. The first-order valence-electron chi connectivity index (χ1n) is 6.64. The number of anilines is 2. The van der Waals surface area contributed by atoms with Crippen molar-refractivity contribution in [1.29, 1.82) is 0 Å². The maximum absolute atomic E-state index is 12.0. The molecule has 4 N–H and O–H groups in total. The number of hydrogen-bond acceptors (Lipinski definition) is 4. The first kappa shape index (κ1) is 14.0. The van der Waals surface area contributed by atoms with Crippen molar-refractivity contribution < 1.29 is 9.21 Å². The van der Waals surface area contributed by atoms with Crippen molar-refractivity contribution in [3.8, 4) is 0 Å². The second-order valence-electron chi connectivity index (χ2n) is 4.42. The number of rotatable bonds is 6. The van der Waals surface area contributed by atoms with Crippen LogP contribution in [0.1, 0.15) is 23.0 Å². The molecule has 0 saturated carbocycles. The molecule has 0 saturated heterocycles. The minimum absolute atomic E-state index is 0.104. The normalized spacial score (nSPS) is 10.2. The van der Waals surface area contributed by atoms with Crippen molar-refractivity contribution >= 4 is 17.3 Å². The van der Waals surface area contributed by atoms with E-state index in [1.165, 1.54) is 0 Å². The molecule has 0 unspecified atom stereocenters. The van der Waals surface area contributed by atoms with E-state index < -0.39 is 0 Å². The molecular formula is C15H19N3O2. The van der Waals surface area contributed by atoms with Crippen molar-refractivity contribution in [3.05, 3.63) is 47.9 Å². The molecule has 1 aromatic heterocycles. The molecule has 20 heavy (non-hydrogen) atoms. The van der Waals surface area contributed by atoms with Gasteiger partial charge in [-0.1, -0.05) is 0 Å². The van der Waals surface area contributed by atoms with Gasteiger partial charge in [0.2, 0.25) is 0 Å². The van der Waals surface area contributed by atoms with Crippen LogP contribution in [-0.4, -0.2) is 19.0 Å². The van der Waals surface area contributed by atoms with Crippen LogP contribution in [0.3, 0.4) is 0 Å². The number of nitrogens with one attached hydrogen (secondary N) is 2. The van der Waals surface area contributed by atoms with E-state index in [0.717, 1.165) is 17.9 Å². The van der Waals surface area contributed by atoms with E-state index in [0.29, 0.717) is 24.3 Å². The van der Waals surface area contributed by atoms with Gasteiger partial charge < -0.3 is 20.8 Å². The van der Waals surface area contributed by atoms with E-state index >= 15 is 0 Å². The monoisotopic (exact) mass is 273 g/mol. The van der Waals surface area contributed by atoms with E-state index in [-0.39, 0.29) is 5.91 Å². The Morgan fingerprint density at radius 3 is 2.90 bits per heavy atom. The summed E-state index contributed by atoms with van der Waals surface area (Å²) in [6.45, 7) is 3.15. The quantitative estimate of drug-likeness (QED) is 0.705. The van der Waals surface area contributed by atoms with Crippen LogP contribution in [0.15, 0.2) is 41.0 Å². The fraction of sp³-hybridized carbons (Fsp3) is 0.267. The van der Waals surface area contributed by atoms with Crippen molar-refractivity contribution in [1.82, 2.24) is 5.32 Å². The minimum Gasteiger partial charge on any atom is -0.469 e. The second kappa shape index (κ2) is 6.65. The lowest BCUT2D eigenvalue weighted by Crippen LogP contribution is -2.24. The smallest absolute Gasteiger partial charge is 0.253 e. The zero-order chi connectivity index (χ0) is 14.4. The van der Waals surface area contributed by atoms with Crippen LogP contribution >= 0.6 is 0 Å². The summed E-state index contributed by atoms with van der Waals surface area (Å²) < 4.78 is 5.27. The van der Waals surface area contributed by atoms with Crippen molar-refractivity contribution in [2.45, 2.75) is 13.3 Å². The van der Waals surface area contributed by atoms with Gasteiger partial charge in [0.25, 0.3) is 5.91 Å². The van der Waals surface area contributed by atoms with E-state index in [4.69, 9.17) is 10.2 Å². The van der Waals surface area contributed by atoms with E-state index in [1.807, 2.05) is 19.1 Å². The van der Waals surface area contributed by atoms with E-state index in [2.05, 4.69) is 10.6 Å². The van der Waals surface area contributed by atoms with Gasteiger partial charge in [0, 0.05) is 30.9 Å². The first-order chi connectivity index (χ1) is 9.70. The molecule has 0 spiro atoms. The van der Waals surface area contributed by atoms with Crippen LogP contribution in [-0.2, 0) is 6.42 Å². The Morgan fingerprint density at radius 1 is 1.35 bits per heavy atom. The van der Waals surface area contributed by atoms with Crippen LogP contribution in [0.4, 0.5) is 11.4 Å². The van der Waals surface area contributed by atoms with Crippen LogP contribution in [0.25, 0.3) is 0 Å². The predicted molar refractivity (Wildman–Crippen MR) is 79.8 cm³/mol. The van der Waals surface area contributed by atoms with Gasteiger partial charge in [-0.15, -0.1) is 0 Å². The zero-order valence-corrected chi connectivity index (χ0v) is 11.5. The van der Waals surface area contributed by atoms with Gasteiger partial charge in [0.05, 0.1) is 11.8 Å². The highest BCUT2D eigenvalue weighted by atomic mass is 16.3. The summed E-state index contributed by atoms with van der Waals surface area (Å²) in [5, 5.41) is 6.02. The first-order valence-corrected chi connectivity index (χ1v) is 6.64. The molecule has 0 aliphatic heterocycles. The van der Waals surface area contributed by atoms with Gasteiger partial charge in [0.15, 0.2) is 0 Å². The third kappa shape index (κ3) is 3.54. The lowest BCUT2D eigenvalue weighted by Gasteiger charge is -2.12. The molecular weight excluding hydrogens is 254 g/mol. The Bertz CT molecular complexity index is 565. The van der Waals surface area contributed by atoms with Crippen LogP contribution < -0.4 is 16.4 Å². The standard InChI is InChI=1S/C15H19N3O2/c1-2-17-15(19)13-6-5-11(16)10-14(13)18-8-7-12-4-3-9-20-12/h3-6,9-10,18H,2,7-8,16H2,1H3,(H,17,19). The third-order valence-corrected chi connectivity index (χ3v) is 2.89. The molecule has 106 valence electrons. The highest BCUT2D eigenvalue weighted by Gasteiger charge is 2.10. The Hall–Kier alpha value is -2.43. The second-order valence-corrected chi connectivity index (χ2v) is 4.42. The molecule has 0 aliphatic rings. The fourth-order valence-corrected chi connectivity index (χ4v) is 1.94. The van der Waals surface area contributed by atoms with E-state index in [1.54, 1.807) is 24.5 Å². The summed E-state index contributed by atoms with van der Waals surface area (Å²) in [6.07, 6.45) is 2.40. The number of carbonyl (C=O) groups excluding carboxylic acids is 1. The van der Waals surface area contributed by atoms with Gasteiger partial charge in [-0.25, -0.2) is 0 Å². The summed E-state index contributed by atoms with van der Waals surface area (Å²) in [4.78, 5) is 12.0. The zero-order valence-electron chi connectivity index (χ0n) is 11.5. The van der Waals surface area contributed by atoms with Gasteiger partial charge in [0.1, 0.15) is 5.76 Å². The van der Waals surface area contributed by atoms with Gasteiger partial charge >= 0.3 is 0 Å². The summed E-state index contributed by atoms with van der Waals surface area (Å²) >= 11 is 0. The average molecular weight is 273 g/mol. The topological polar surface area (TPSA) is 80.3 Å². The van der Waals surface area contributed by atoms with Gasteiger partial charge in [-0.2, -0.15) is 0 Å². The third-order valence-electron chi connectivity index (χ3n) is 2.89. The molecule has 0 bridgehead atoms. The highest BCUT2D eigenvalue weighted by molar-refractivity contribution is 6.00. The molecule has 0 fully saturated rings. The maximum atomic E-state index is 12.0. The minimum atomic E-state index is -0.104. The number of nitrogens with two attached hydrogens (primary N) is 1.